The highest BCUT2D eigenvalue weighted by atomic mass is 32.2. The molecule has 1 aliphatic carbocycles. The third-order valence-corrected chi connectivity index (χ3v) is 6.35. The van der Waals surface area contributed by atoms with Gasteiger partial charge in [-0.1, -0.05) is 5.16 Å². The van der Waals surface area contributed by atoms with Crippen LogP contribution in [0.15, 0.2) is 35.1 Å². The number of aromatic nitrogens is 3. The van der Waals surface area contributed by atoms with Gasteiger partial charge in [0.2, 0.25) is 15.9 Å². The molecule has 1 fully saturated rings. The van der Waals surface area contributed by atoms with E-state index in [0.717, 1.165) is 5.56 Å². The van der Waals surface area contributed by atoms with E-state index in [1.807, 2.05) is 6.20 Å². The second-order valence-corrected chi connectivity index (χ2v) is 9.02. The SMILES string of the molecule is COc1cc(Cn2cccn2)cc2onc(NS(=O)(=O)CC3CCC(F)(F)C3)c12. The van der Waals surface area contributed by atoms with Crippen molar-refractivity contribution in [3.05, 3.63) is 36.2 Å². The topological polar surface area (TPSA) is 99.2 Å². The average molecular weight is 426 g/mol. The number of nitrogens with zero attached hydrogens (tertiary/aromatic N) is 3. The van der Waals surface area contributed by atoms with E-state index in [2.05, 4.69) is 15.0 Å². The molecule has 11 heteroatoms. The number of methoxy groups -OCH3 is 1. The summed E-state index contributed by atoms with van der Waals surface area (Å²) in [5.41, 5.74) is 1.17. The lowest BCUT2D eigenvalue weighted by atomic mass is 10.1. The number of halogens is 2. The highest BCUT2D eigenvalue weighted by Gasteiger charge is 2.41. The number of anilines is 1. The largest absolute Gasteiger partial charge is 0.496 e. The lowest BCUT2D eigenvalue weighted by molar-refractivity contribution is 0.00592. The van der Waals surface area contributed by atoms with Gasteiger partial charge in [0, 0.05) is 25.2 Å². The zero-order chi connectivity index (χ0) is 20.6. The van der Waals surface area contributed by atoms with Crippen molar-refractivity contribution in [3.63, 3.8) is 0 Å². The van der Waals surface area contributed by atoms with Gasteiger partial charge < -0.3 is 9.26 Å². The van der Waals surface area contributed by atoms with Crippen molar-refractivity contribution in [2.24, 2.45) is 5.92 Å². The first-order chi connectivity index (χ1) is 13.7. The summed E-state index contributed by atoms with van der Waals surface area (Å²) in [6, 6.07) is 5.27. The molecular formula is C18H20F2N4O4S. The fraction of sp³-hybridized carbons (Fsp3) is 0.444. The van der Waals surface area contributed by atoms with E-state index >= 15 is 0 Å². The van der Waals surface area contributed by atoms with Crippen molar-refractivity contribution in [2.75, 3.05) is 17.6 Å². The van der Waals surface area contributed by atoms with Crippen molar-refractivity contribution in [3.8, 4) is 5.75 Å². The van der Waals surface area contributed by atoms with Crippen LogP contribution in [-0.2, 0) is 16.6 Å². The minimum atomic E-state index is -3.88. The molecule has 1 aromatic carbocycles. The fourth-order valence-electron chi connectivity index (χ4n) is 3.68. The Labute approximate surface area is 165 Å². The Kier molecular flexibility index (Phi) is 4.93. The third-order valence-electron chi connectivity index (χ3n) is 4.93. The number of nitrogens with one attached hydrogen (secondary N) is 1. The van der Waals surface area contributed by atoms with Gasteiger partial charge in [0.05, 0.1) is 19.4 Å². The smallest absolute Gasteiger partial charge is 0.248 e. The Morgan fingerprint density at radius 2 is 2.24 bits per heavy atom. The van der Waals surface area contributed by atoms with E-state index in [9.17, 15) is 17.2 Å². The molecule has 0 bridgehead atoms. The van der Waals surface area contributed by atoms with Crippen LogP contribution < -0.4 is 9.46 Å². The number of rotatable bonds is 7. The van der Waals surface area contributed by atoms with Gasteiger partial charge >= 0.3 is 0 Å². The van der Waals surface area contributed by atoms with Gasteiger partial charge in [-0.25, -0.2) is 17.2 Å². The molecule has 1 N–H and O–H groups in total. The highest BCUT2D eigenvalue weighted by Crippen LogP contribution is 2.40. The molecule has 156 valence electrons. The summed E-state index contributed by atoms with van der Waals surface area (Å²) in [6.07, 6.45) is 2.94. The van der Waals surface area contributed by atoms with Crippen LogP contribution in [0.5, 0.6) is 5.75 Å². The number of benzene rings is 1. The zero-order valence-electron chi connectivity index (χ0n) is 15.6. The molecule has 8 nitrogen and oxygen atoms in total. The maximum absolute atomic E-state index is 13.4. The molecule has 2 aromatic heterocycles. The molecule has 1 atom stereocenters. The van der Waals surface area contributed by atoms with Gasteiger partial charge in [0.25, 0.3) is 0 Å². The normalized spacial score (nSPS) is 18.9. The van der Waals surface area contributed by atoms with Crippen molar-refractivity contribution < 1.29 is 26.5 Å². The van der Waals surface area contributed by atoms with Gasteiger partial charge in [0.15, 0.2) is 11.4 Å². The van der Waals surface area contributed by atoms with E-state index in [4.69, 9.17) is 9.26 Å². The summed E-state index contributed by atoms with van der Waals surface area (Å²) in [6.45, 7) is 0.469. The van der Waals surface area contributed by atoms with Crippen molar-refractivity contribution in [1.29, 1.82) is 0 Å². The molecule has 1 aliphatic rings. The van der Waals surface area contributed by atoms with Crippen LogP contribution in [0.4, 0.5) is 14.6 Å². The summed E-state index contributed by atoms with van der Waals surface area (Å²) in [4.78, 5) is 0. The zero-order valence-corrected chi connectivity index (χ0v) is 16.5. The predicted octanol–water partition coefficient (Wildman–Crippen LogP) is 3.26. The van der Waals surface area contributed by atoms with E-state index in [0.29, 0.717) is 23.3 Å². The van der Waals surface area contributed by atoms with Crippen LogP contribution >= 0.6 is 0 Å². The van der Waals surface area contributed by atoms with E-state index in [1.54, 1.807) is 29.1 Å². The van der Waals surface area contributed by atoms with Gasteiger partial charge in [-0.2, -0.15) is 5.10 Å². The summed E-state index contributed by atoms with van der Waals surface area (Å²) < 4.78 is 66.5. The first kappa shape index (κ1) is 19.6. The quantitative estimate of drug-likeness (QED) is 0.623. The van der Waals surface area contributed by atoms with Crippen LogP contribution in [0.1, 0.15) is 24.8 Å². The first-order valence-electron chi connectivity index (χ1n) is 9.07. The summed E-state index contributed by atoms with van der Waals surface area (Å²) in [5.74, 6) is -3.42. The summed E-state index contributed by atoms with van der Waals surface area (Å²) in [5, 5.41) is 8.33. The van der Waals surface area contributed by atoms with Crippen molar-refractivity contribution in [2.45, 2.75) is 31.7 Å². The van der Waals surface area contributed by atoms with E-state index < -0.39 is 34.0 Å². The third kappa shape index (κ3) is 4.34. The molecule has 0 aliphatic heterocycles. The van der Waals surface area contributed by atoms with Gasteiger partial charge in [-0.3, -0.25) is 9.40 Å². The number of hydrogen-bond acceptors (Lipinski definition) is 6. The minimum Gasteiger partial charge on any atom is -0.496 e. The van der Waals surface area contributed by atoms with Crippen LogP contribution in [-0.4, -0.2) is 42.1 Å². The molecule has 3 aromatic rings. The Morgan fingerprint density at radius 3 is 2.90 bits per heavy atom. The molecule has 4 rings (SSSR count). The minimum absolute atomic E-state index is 0.0211. The number of sulfonamides is 1. The highest BCUT2D eigenvalue weighted by molar-refractivity contribution is 7.92. The van der Waals surface area contributed by atoms with E-state index in [1.165, 1.54) is 7.11 Å². The molecule has 1 saturated carbocycles. The molecular weight excluding hydrogens is 406 g/mol. The van der Waals surface area contributed by atoms with Crippen LogP contribution in [0.25, 0.3) is 11.0 Å². The molecule has 29 heavy (non-hydrogen) atoms. The fourth-order valence-corrected chi connectivity index (χ4v) is 5.10. The van der Waals surface area contributed by atoms with Crippen LogP contribution in [0.2, 0.25) is 0 Å². The predicted molar refractivity (Wildman–Crippen MR) is 102 cm³/mol. The molecule has 0 radical (unpaired) electrons. The van der Waals surface area contributed by atoms with Gasteiger partial charge in [0.1, 0.15) is 11.1 Å². The molecule has 0 spiro atoms. The summed E-state index contributed by atoms with van der Waals surface area (Å²) in [7, 11) is -2.42. The second-order valence-electron chi connectivity index (χ2n) is 7.25. The maximum atomic E-state index is 13.4. The Balaban J connectivity index is 1.57. The number of alkyl halides is 2. The second kappa shape index (κ2) is 7.29. The lowest BCUT2D eigenvalue weighted by Gasteiger charge is -2.12. The average Bonchev–Trinajstić information content (AvgIpc) is 3.35. The molecule has 0 amide bonds. The molecule has 0 saturated heterocycles. The Morgan fingerprint density at radius 1 is 1.41 bits per heavy atom. The van der Waals surface area contributed by atoms with Crippen LogP contribution in [0.3, 0.4) is 0 Å². The molecule has 2 heterocycles. The Bertz CT molecular complexity index is 1110. The molecule has 1 unspecified atom stereocenters. The van der Waals surface area contributed by atoms with Crippen molar-refractivity contribution >= 4 is 26.8 Å². The van der Waals surface area contributed by atoms with Crippen LogP contribution in [0, 0.1) is 5.92 Å². The maximum Gasteiger partial charge on any atom is 0.248 e. The number of ether oxygens (including phenoxy) is 1. The van der Waals surface area contributed by atoms with Gasteiger partial charge in [-0.15, -0.1) is 0 Å². The Hall–Kier alpha value is -2.69. The number of hydrogen-bond donors (Lipinski definition) is 1. The van der Waals surface area contributed by atoms with Crippen molar-refractivity contribution in [1.82, 2.24) is 14.9 Å². The van der Waals surface area contributed by atoms with Gasteiger partial charge in [-0.05, 0) is 36.1 Å². The van der Waals surface area contributed by atoms with E-state index in [-0.39, 0.29) is 18.7 Å². The number of fused-ring (bicyclic) bond motifs is 1. The lowest BCUT2D eigenvalue weighted by Crippen LogP contribution is -2.23. The first-order valence-corrected chi connectivity index (χ1v) is 10.7. The standard InChI is InChI=1S/C18H20F2N4O4S/c1-27-14-7-13(10-24-6-2-5-21-24)8-15-16(14)17(22-28-15)23-29(25,26)11-12-3-4-18(19,20)9-12/h2,5-8,12H,3-4,9-11H2,1H3,(H,22,23). The monoisotopic (exact) mass is 426 g/mol. The summed E-state index contributed by atoms with van der Waals surface area (Å²) >= 11 is 0.